The highest BCUT2D eigenvalue weighted by Crippen LogP contribution is 2.50. The molecule has 0 spiro atoms. The van der Waals surface area contributed by atoms with Crippen LogP contribution in [-0.2, 0) is 10.2 Å². The molecule has 0 N–H and O–H groups in total. The average Bonchev–Trinajstić information content (AvgIpc) is 2.94. The van der Waals surface area contributed by atoms with Crippen molar-refractivity contribution in [3.05, 3.63) is 23.8 Å². The van der Waals surface area contributed by atoms with Gasteiger partial charge in [0, 0.05) is 30.3 Å². The van der Waals surface area contributed by atoms with Crippen LogP contribution in [0.2, 0.25) is 0 Å². The lowest BCUT2D eigenvalue weighted by atomic mass is 9.66. The molecule has 4 nitrogen and oxygen atoms in total. The summed E-state index contributed by atoms with van der Waals surface area (Å²) in [5.74, 6) is 1.94. The van der Waals surface area contributed by atoms with E-state index in [1.807, 2.05) is 6.07 Å². The maximum atomic E-state index is 12.1. The van der Waals surface area contributed by atoms with Crippen LogP contribution in [0.5, 0.6) is 11.5 Å². The van der Waals surface area contributed by atoms with Gasteiger partial charge in [-0.25, -0.2) is 0 Å². The number of hydrogen-bond donors (Lipinski definition) is 0. The van der Waals surface area contributed by atoms with Gasteiger partial charge in [-0.05, 0) is 50.9 Å². The number of ether oxygens (including phenoxy) is 2. The lowest BCUT2D eigenvalue weighted by Gasteiger charge is -2.43. The highest BCUT2D eigenvalue weighted by molar-refractivity contribution is 5.81. The number of rotatable bonds is 4. The third-order valence-electron chi connectivity index (χ3n) is 5.75. The number of nitrogens with zero attached hydrogens (tertiary/aromatic N) is 1. The molecule has 23 heavy (non-hydrogen) atoms. The third-order valence-corrected chi connectivity index (χ3v) is 5.75. The van der Waals surface area contributed by atoms with E-state index in [0.29, 0.717) is 30.7 Å². The van der Waals surface area contributed by atoms with Crippen LogP contribution < -0.4 is 9.47 Å². The summed E-state index contributed by atoms with van der Waals surface area (Å²) in [5.41, 5.74) is 1.35. The van der Waals surface area contributed by atoms with Crippen LogP contribution in [0.1, 0.15) is 45.1 Å². The molecule has 1 aromatic rings. The SMILES string of the molecule is COc1ccc([C@@]23CCC(=O)C[C@@H]2N(C(C)C)CC3)cc1OC. The Morgan fingerprint density at radius 2 is 1.91 bits per heavy atom. The van der Waals surface area contributed by atoms with Gasteiger partial charge in [0.05, 0.1) is 14.2 Å². The maximum Gasteiger partial charge on any atom is 0.161 e. The van der Waals surface area contributed by atoms with E-state index in [1.54, 1.807) is 14.2 Å². The molecule has 0 unspecified atom stereocenters. The van der Waals surface area contributed by atoms with Gasteiger partial charge in [-0.2, -0.15) is 0 Å². The third kappa shape index (κ3) is 2.63. The molecular weight excluding hydrogens is 290 g/mol. The topological polar surface area (TPSA) is 38.8 Å². The zero-order chi connectivity index (χ0) is 16.6. The van der Waals surface area contributed by atoms with E-state index >= 15 is 0 Å². The zero-order valence-electron chi connectivity index (χ0n) is 14.6. The van der Waals surface area contributed by atoms with E-state index < -0.39 is 0 Å². The van der Waals surface area contributed by atoms with E-state index in [-0.39, 0.29) is 5.41 Å². The van der Waals surface area contributed by atoms with Crippen LogP contribution in [0.3, 0.4) is 0 Å². The van der Waals surface area contributed by atoms with Gasteiger partial charge in [0.2, 0.25) is 0 Å². The summed E-state index contributed by atoms with van der Waals surface area (Å²) >= 11 is 0. The number of fused-ring (bicyclic) bond motifs is 1. The zero-order valence-corrected chi connectivity index (χ0v) is 14.6. The first-order valence-corrected chi connectivity index (χ1v) is 8.52. The Morgan fingerprint density at radius 1 is 1.17 bits per heavy atom. The minimum Gasteiger partial charge on any atom is -0.493 e. The van der Waals surface area contributed by atoms with Gasteiger partial charge in [0.1, 0.15) is 5.78 Å². The van der Waals surface area contributed by atoms with E-state index in [0.717, 1.165) is 30.9 Å². The average molecular weight is 317 g/mol. The molecular formula is C19H27NO3. The minimum absolute atomic E-state index is 0.0672. The summed E-state index contributed by atoms with van der Waals surface area (Å²) in [6.07, 6.45) is 3.41. The first-order valence-electron chi connectivity index (χ1n) is 8.52. The molecule has 0 aromatic heterocycles. The van der Waals surface area contributed by atoms with Crippen molar-refractivity contribution in [2.45, 2.75) is 57.0 Å². The van der Waals surface area contributed by atoms with Crippen molar-refractivity contribution in [2.75, 3.05) is 20.8 Å². The second-order valence-corrected chi connectivity index (χ2v) is 7.07. The normalized spacial score (nSPS) is 28.0. The summed E-state index contributed by atoms with van der Waals surface area (Å²) in [5, 5.41) is 0. The number of ketones is 1. The van der Waals surface area contributed by atoms with Crippen LogP contribution in [0.25, 0.3) is 0 Å². The summed E-state index contributed by atoms with van der Waals surface area (Å²) in [6, 6.07) is 7.04. The Bertz CT molecular complexity index is 598. The Balaban J connectivity index is 2.03. The van der Waals surface area contributed by atoms with Crippen LogP contribution >= 0.6 is 0 Å². The highest BCUT2D eigenvalue weighted by Gasteiger charge is 2.51. The summed E-state index contributed by atoms with van der Waals surface area (Å²) in [7, 11) is 3.34. The van der Waals surface area contributed by atoms with Gasteiger partial charge >= 0.3 is 0 Å². The van der Waals surface area contributed by atoms with E-state index in [2.05, 4.69) is 30.9 Å². The molecule has 1 saturated heterocycles. The Kier molecular flexibility index (Phi) is 4.37. The van der Waals surface area contributed by atoms with E-state index in [1.165, 1.54) is 5.56 Å². The number of hydrogen-bond acceptors (Lipinski definition) is 4. The fraction of sp³-hybridized carbons (Fsp3) is 0.632. The lowest BCUT2D eigenvalue weighted by Crippen LogP contribution is -2.49. The molecule has 126 valence electrons. The second-order valence-electron chi connectivity index (χ2n) is 7.07. The Labute approximate surface area is 138 Å². The van der Waals surface area contributed by atoms with Gasteiger partial charge in [-0.1, -0.05) is 6.07 Å². The predicted octanol–water partition coefficient (Wildman–Crippen LogP) is 3.18. The smallest absolute Gasteiger partial charge is 0.161 e. The van der Waals surface area contributed by atoms with E-state index in [4.69, 9.17) is 9.47 Å². The van der Waals surface area contributed by atoms with Crippen LogP contribution in [-0.4, -0.2) is 43.5 Å². The minimum atomic E-state index is 0.0672. The molecule has 0 bridgehead atoms. The number of likely N-dealkylation sites (tertiary alicyclic amines) is 1. The summed E-state index contributed by atoms with van der Waals surface area (Å²) < 4.78 is 10.9. The van der Waals surface area contributed by atoms with Gasteiger partial charge in [0.15, 0.2) is 11.5 Å². The summed E-state index contributed by atoms with van der Waals surface area (Å²) in [4.78, 5) is 14.6. The molecule has 1 aromatic carbocycles. The molecule has 0 radical (unpaired) electrons. The largest absolute Gasteiger partial charge is 0.493 e. The molecule has 2 aliphatic rings. The van der Waals surface area contributed by atoms with Crippen molar-refractivity contribution < 1.29 is 14.3 Å². The maximum absolute atomic E-state index is 12.1. The van der Waals surface area contributed by atoms with Crippen molar-refractivity contribution >= 4 is 5.78 Å². The van der Waals surface area contributed by atoms with Crippen molar-refractivity contribution in [3.8, 4) is 11.5 Å². The van der Waals surface area contributed by atoms with Crippen molar-refractivity contribution in [1.29, 1.82) is 0 Å². The first kappa shape index (κ1) is 16.3. The number of carbonyl (C=O) groups is 1. The molecule has 0 amide bonds. The lowest BCUT2D eigenvalue weighted by molar-refractivity contribution is -0.123. The fourth-order valence-electron chi connectivity index (χ4n) is 4.50. The van der Waals surface area contributed by atoms with E-state index in [9.17, 15) is 4.79 Å². The van der Waals surface area contributed by atoms with Gasteiger partial charge in [-0.3, -0.25) is 9.69 Å². The number of methoxy groups -OCH3 is 2. The Morgan fingerprint density at radius 3 is 2.57 bits per heavy atom. The molecule has 1 aliphatic carbocycles. The molecule has 2 atom stereocenters. The monoisotopic (exact) mass is 317 g/mol. The van der Waals surface area contributed by atoms with Gasteiger partial charge < -0.3 is 9.47 Å². The fourth-order valence-corrected chi connectivity index (χ4v) is 4.50. The molecule has 1 aliphatic heterocycles. The summed E-state index contributed by atoms with van der Waals surface area (Å²) in [6.45, 7) is 5.51. The first-order chi connectivity index (χ1) is 11.0. The number of Topliss-reactive ketones (excluding diaryl/α,β-unsaturated/α-hetero) is 1. The Hall–Kier alpha value is -1.55. The van der Waals surface area contributed by atoms with Crippen molar-refractivity contribution in [1.82, 2.24) is 4.90 Å². The van der Waals surface area contributed by atoms with Gasteiger partial charge in [-0.15, -0.1) is 0 Å². The van der Waals surface area contributed by atoms with Crippen molar-refractivity contribution in [2.24, 2.45) is 0 Å². The standard InChI is InChI=1S/C19H27NO3/c1-13(2)20-10-9-19(8-7-15(21)12-18(19)20)14-5-6-16(22-3)17(11-14)23-4/h5-6,11,13,18H,7-10,12H2,1-4H3/t18-,19-/m0/s1. The van der Waals surface area contributed by atoms with Crippen LogP contribution in [0.15, 0.2) is 18.2 Å². The van der Waals surface area contributed by atoms with Crippen LogP contribution in [0.4, 0.5) is 0 Å². The molecule has 2 fully saturated rings. The molecule has 1 saturated carbocycles. The molecule has 4 heteroatoms. The predicted molar refractivity (Wildman–Crippen MR) is 90.3 cm³/mol. The quantitative estimate of drug-likeness (QED) is 0.855. The van der Waals surface area contributed by atoms with Crippen LogP contribution in [0, 0.1) is 0 Å². The van der Waals surface area contributed by atoms with Crippen molar-refractivity contribution in [3.63, 3.8) is 0 Å². The second kappa shape index (κ2) is 6.16. The number of benzene rings is 1. The molecule has 1 heterocycles. The molecule has 3 rings (SSSR count). The van der Waals surface area contributed by atoms with Gasteiger partial charge in [0.25, 0.3) is 0 Å². The number of carbonyl (C=O) groups excluding carboxylic acids is 1. The highest BCUT2D eigenvalue weighted by atomic mass is 16.5.